The van der Waals surface area contributed by atoms with E-state index in [2.05, 4.69) is 0 Å². The van der Waals surface area contributed by atoms with E-state index in [1.165, 1.54) is 0 Å². The minimum Gasteiger partial charge on any atom is -0.759 e. The van der Waals surface area contributed by atoms with Gasteiger partial charge in [-0.1, -0.05) is 0 Å². The van der Waals surface area contributed by atoms with Crippen molar-refractivity contribution in [3.05, 3.63) is 0 Å². The molecule has 0 bridgehead atoms. The van der Waals surface area contributed by atoms with Crippen molar-refractivity contribution in [2.75, 3.05) is 0 Å². The molecule has 0 aromatic carbocycles. The fourth-order valence-electron chi connectivity index (χ4n) is 0. The molecular weight excluding hydrogens is 909 g/mol. The molecule has 0 aliphatic carbocycles. The van der Waals surface area contributed by atoms with E-state index >= 15 is 0 Å². The largest absolute Gasteiger partial charge is 4.00 e. The van der Waals surface area contributed by atoms with E-state index in [-0.39, 0.29) is 87.1 Å². The SMILES string of the molecule is O=S(=O)([O-])[O-].O=S(=O)([O-])[O-].O=S(=O)([O-])[O-].O=S(=O)([O-])[O-].O=S(=O)([O-])[O-].O=S(=O)([O-])[O-].O=S(=O)([O-])[O-].[Al+3].[Al+3].[Zr+4].[Zr+4]. The molecule has 28 nitrogen and oxygen atoms in total. The Balaban J connectivity index is -0.0000000256. The molecule has 0 atom stereocenters. The minimum atomic E-state index is -5.17. The van der Waals surface area contributed by atoms with Crippen molar-refractivity contribution in [2.24, 2.45) is 0 Å². The van der Waals surface area contributed by atoms with Crippen LogP contribution in [0, 0.1) is 0 Å². The van der Waals surface area contributed by atoms with Crippen LogP contribution in [0.15, 0.2) is 0 Å². The van der Waals surface area contributed by atoms with E-state index in [0.29, 0.717) is 0 Å². The summed E-state index contributed by atoms with van der Waals surface area (Å²) in [5.41, 5.74) is 0. The molecule has 0 aliphatic rings. The van der Waals surface area contributed by atoms with E-state index in [0.717, 1.165) is 0 Å². The van der Waals surface area contributed by atoms with Gasteiger partial charge in [0, 0.05) is 72.8 Å². The van der Waals surface area contributed by atoms with E-state index in [4.69, 9.17) is 123 Å². The van der Waals surface area contributed by atoms with Crippen LogP contribution in [-0.4, -0.2) is 157 Å². The van der Waals surface area contributed by atoms with Gasteiger partial charge in [-0.25, -0.2) is 0 Å². The predicted octanol–water partition coefficient (Wildman–Crippen LogP) is -10.1. The van der Waals surface area contributed by atoms with Crippen molar-refractivity contribution < 1.29 is 175 Å². The standard InChI is InChI=1S/2Al.7H2O4S.2Zr/c;;7*1-5(2,3)4;;/h;;7*(H2,1,2,3,4);;/q2*+3;;;;;;;;2*+4/p-14. The summed E-state index contributed by atoms with van der Waals surface area (Å²) in [6.07, 6.45) is 0. The first-order valence-electron chi connectivity index (χ1n) is 4.67. The van der Waals surface area contributed by atoms with Crippen LogP contribution in [0.2, 0.25) is 0 Å². The minimum absolute atomic E-state index is 0. The summed E-state index contributed by atoms with van der Waals surface area (Å²) in [5.74, 6) is 0. The molecule has 39 heavy (non-hydrogen) atoms. The van der Waals surface area contributed by atoms with Gasteiger partial charge in [-0.05, 0) is 0 Å². The quantitative estimate of drug-likeness (QED) is 0.124. The first kappa shape index (κ1) is 72.8. The molecule has 0 fully saturated rings. The summed E-state index contributed by atoms with van der Waals surface area (Å²) < 4.78 is 239. The molecule has 0 saturated carbocycles. The van der Waals surface area contributed by atoms with Crippen LogP contribution < -0.4 is 0 Å². The first-order valence-corrected chi connectivity index (χ1v) is 14.0. The van der Waals surface area contributed by atoms with Gasteiger partial charge >= 0.3 is 87.1 Å². The second-order valence-corrected chi connectivity index (χ2v) is 8.57. The van der Waals surface area contributed by atoms with Crippen molar-refractivity contribution in [2.45, 2.75) is 0 Å². The van der Waals surface area contributed by atoms with Crippen molar-refractivity contribution in [1.29, 1.82) is 0 Å². The zero-order valence-corrected chi connectivity index (χ0v) is 29.4. The van der Waals surface area contributed by atoms with Crippen LogP contribution in [0.3, 0.4) is 0 Å². The van der Waals surface area contributed by atoms with Crippen LogP contribution in [0.1, 0.15) is 0 Å². The van der Waals surface area contributed by atoms with Crippen LogP contribution in [0.5, 0.6) is 0 Å². The van der Waals surface area contributed by atoms with Gasteiger partial charge < -0.3 is 63.7 Å². The molecule has 0 N–H and O–H groups in total. The van der Waals surface area contributed by atoms with Gasteiger partial charge in [0.05, 0.1) is 0 Å². The van der Waals surface area contributed by atoms with Gasteiger partial charge in [0.1, 0.15) is 0 Å². The van der Waals surface area contributed by atoms with Crippen LogP contribution in [0.25, 0.3) is 0 Å². The normalized spacial score (nSPS) is 10.4. The fourth-order valence-corrected chi connectivity index (χ4v) is 0. The summed E-state index contributed by atoms with van der Waals surface area (Å²) in [7, 11) is -36.2. The Bertz CT molecular complexity index is 925. The first-order chi connectivity index (χ1) is 14.0. The smallest absolute Gasteiger partial charge is 0.759 e. The van der Waals surface area contributed by atoms with Gasteiger partial charge in [0.15, 0.2) is 0 Å². The summed E-state index contributed by atoms with van der Waals surface area (Å²) in [6, 6.07) is 0. The molecule has 0 heterocycles. The van der Waals surface area contributed by atoms with Crippen molar-refractivity contribution >= 4 is 108 Å². The second kappa shape index (κ2) is 31.3. The van der Waals surface area contributed by atoms with Gasteiger partial charge in [-0.2, -0.15) is 0 Å². The molecule has 0 amide bonds. The summed E-state index contributed by atoms with van der Waals surface area (Å²) in [5, 5.41) is 0. The molecule has 39 heteroatoms. The number of rotatable bonds is 0. The van der Waals surface area contributed by atoms with Crippen molar-refractivity contribution in [3.8, 4) is 0 Å². The zero-order valence-electron chi connectivity index (χ0n) is 16.4. The molecule has 224 valence electrons. The second-order valence-electron chi connectivity index (χ2n) is 2.86. The number of hydrogen-bond donors (Lipinski definition) is 0. The molecule has 0 rings (SSSR count). The maximum atomic E-state index is 8.52. The van der Waals surface area contributed by atoms with E-state index in [1.807, 2.05) is 0 Å². The van der Waals surface area contributed by atoms with Gasteiger partial charge in [-0.15, -0.1) is 0 Å². The number of hydrogen-bond acceptors (Lipinski definition) is 28. The van der Waals surface area contributed by atoms with Gasteiger partial charge in [-0.3, -0.25) is 58.9 Å². The van der Waals surface area contributed by atoms with Crippen LogP contribution in [0.4, 0.5) is 0 Å². The van der Waals surface area contributed by atoms with Crippen LogP contribution in [-0.2, 0) is 125 Å². The molecule has 0 unspecified atom stereocenters. The summed E-state index contributed by atoms with van der Waals surface area (Å²) in [6.45, 7) is 0. The fraction of sp³-hybridized carbons (Fsp3) is 0. The molecule has 0 aliphatic heterocycles. The van der Waals surface area contributed by atoms with Crippen molar-refractivity contribution in [3.63, 3.8) is 0 Å². The monoisotopic (exact) mass is 905 g/mol. The predicted molar refractivity (Wildman–Crippen MR) is 84.8 cm³/mol. The third-order valence-electron chi connectivity index (χ3n) is 0. The Morgan fingerprint density at radius 1 is 0.205 bits per heavy atom. The maximum absolute atomic E-state index is 8.52. The topological polar surface area (TPSA) is 562 Å². The maximum Gasteiger partial charge on any atom is 4.00 e. The Labute approximate surface area is 279 Å². The summed E-state index contributed by atoms with van der Waals surface area (Å²) >= 11 is 0. The molecule has 0 saturated heterocycles. The Hall–Kier alpha value is 1.92. The third kappa shape index (κ3) is 15600. The Morgan fingerprint density at radius 3 is 0.205 bits per heavy atom. The Kier molecular flexibility index (Phi) is 58.6. The van der Waals surface area contributed by atoms with E-state index < -0.39 is 72.8 Å². The molecular formula is Al2O28S7Zr2. The molecule has 0 aromatic rings. The molecule has 0 aromatic heterocycles. The van der Waals surface area contributed by atoms with E-state index in [1.54, 1.807) is 0 Å². The Morgan fingerprint density at radius 2 is 0.205 bits per heavy atom. The van der Waals surface area contributed by atoms with E-state index in [9.17, 15) is 0 Å². The average Bonchev–Trinajstić information content (AvgIpc) is 2.06. The average molecular weight is 909 g/mol. The summed E-state index contributed by atoms with van der Waals surface area (Å²) in [4.78, 5) is 0. The van der Waals surface area contributed by atoms with Crippen molar-refractivity contribution in [1.82, 2.24) is 0 Å². The van der Waals surface area contributed by atoms with Crippen LogP contribution >= 0.6 is 0 Å². The van der Waals surface area contributed by atoms with Gasteiger partial charge in [0.25, 0.3) is 0 Å². The molecule has 0 radical (unpaired) electrons. The van der Waals surface area contributed by atoms with Gasteiger partial charge in [0.2, 0.25) is 0 Å². The third-order valence-corrected chi connectivity index (χ3v) is 0. The zero-order chi connectivity index (χ0) is 31.5. The molecule has 0 spiro atoms.